The Hall–Kier alpha value is -3.73. The topological polar surface area (TPSA) is 121 Å². The first kappa shape index (κ1) is 19.6. The van der Waals surface area contributed by atoms with E-state index in [9.17, 15) is 4.79 Å². The van der Waals surface area contributed by atoms with Gasteiger partial charge in [-0.1, -0.05) is 47.3 Å². The van der Waals surface area contributed by atoms with Crippen LogP contribution in [0.25, 0.3) is 5.69 Å². The molecule has 2 aromatic carbocycles. The summed E-state index contributed by atoms with van der Waals surface area (Å²) in [6.45, 7) is 0. The van der Waals surface area contributed by atoms with Crippen molar-refractivity contribution < 1.29 is 14.1 Å². The van der Waals surface area contributed by atoms with Crippen molar-refractivity contribution >= 4 is 23.4 Å². The van der Waals surface area contributed by atoms with E-state index in [1.165, 1.54) is 11.8 Å². The number of anilines is 1. The van der Waals surface area contributed by atoms with E-state index >= 15 is 0 Å². The minimum Gasteiger partial charge on any atom is -0.495 e. The lowest BCUT2D eigenvalue weighted by atomic mass is 10.2. The van der Waals surface area contributed by atoms with Gasteiger partial charge in [0, 0.05) is 0 Å². The molecule has 0 unspecified atom stereocenters. The molecule has 10 nitrogen and oxygen atoms in total. The highest BCUT2D eigenvalue weighted by molar-refractivity contribution is 7.98. The first-order chi connectivity index (χ1) is 14.7. The number of amides is 1. The van der Waals surface area contributed by atoms with Crippen molar-refractivity contribution in [1.82, 2.24) is 30.3 Å². The molecule has 1 N–H and O–H groups in total. The molecule has 30 heavy (non-hydrogen) atoms. The number of hydrogen-bond acceptors (Lipinski definition) is 9. The Bertz CT molecular complexity index is 1130. The highest BCUT2D eigenvalue weighted by Crippen LogP contribution is 2.24. The zero-order chi connectivity index (χ0) is 20.8. The molecule has 2 heterocycles. The minimum absolute atomic E-state index is 0.0199. The van der Waals surface area contributed by atoms with Crippen molar-refractivity contribution in [3.63, 3.8) is 0 Å². The van der Waals surface area contributed by atoms with Crippen molar-refractivity contribution in [1.29, 1.82) is 0 Å². The van der Waals surface area contributed by atoms with E-state index < -0.39 is 0 Å². The van der Waals surface area contributed by atoms with Gasteiger partial charge in [-0.05, 0) is 34.7 Å². The van der Waals surface area contributed by atoms with Gasteiger partial charge in [0.25, 0.3) is 0 Å². The molecule has 0 aliphatic carbocycles. The van der Waals surface area contributed by atoms with Gasteiger partial charge < -0.3 is 14.6 Å². The number of thioether (sulfide) groups is 1. The van der Waals surface area contributed by atoms with Gasteiger partial charge in [-0.15, -0.1) is 5.10 Å². The van der Waals surface area contributed by atoms with Crippen LogP contribution in [0.3, 0.4) is 0 Å². The molecule has 4 rings (SSSR count). The fourth-order valence-corrected chi connectivity index (χ4v) is 3.36. The molecule has 4 aromatic rings. The van der Waals surface area contributed by atoms with Crippen LogP contribution in [0.2, 0.25) is 0 Å². The van der Waals surface area contributed by atoms with E-state index in [1.807, 2.05) is 42.5 Å². The molecule has 0 aliphatic heterocycles. The zero-order valence-corrected chi connectivity index (χ0v) is 16.7. The van der Waals surface area contributed by atoms with Crippen molar-refractivity contribution in [2.75, 3.05) is 12.4 Å². The number of ether oxygens (including phenoxy) is 1. The van der Waals surface area contributed by atoms with Gasteiger partial charge in [0.2, 0.25) is 17.0 Å². The zero-order valence-electron chi connectivity index (χ0n) is 15.9. The number of nitrogens with one attached hydrogen (secondary N) is 1. The maximum atomic E-state index is 12.3. The lowest BCUT2D eigenvalue weighted by Gasteiger charge is -2.08. The maximum absolute atomic E-state index is 12.3. The second kappa shape index (κ2) is 9.18. The van der Waals surface area contributed by atoms with Gasteiger partial charge in [-0.2, -0.15) is 9.67 Å². The Labute approximate surface area is 175 Å². The van der Waals surface area contributed by atoms with Gasteiger partial charge in [-0.3, -0.25) is 4.79 Å². The van der Waals surface area contributed by atoms with E-state index in [4.69, 9.17) is 9.26 Å². The van der Waals surface area contributed by atoms with E-state index in [0.717, 1.165) is 5.69 Å². The van der Waals surface area contributed by atoms with Crippen LogP contribution in [0.15, 0.2) is 64.3 Å². The van der Waals surface area contributed by atoms with E-state index in [1.54, 1.807) is 23.9 Å². The fraction of sp³-hybridized carbons (Fsp3) is 0.158. The number of tetrazole rings is 1. The molecule has 0 saturated carbocycles. The molecule has 0 radical (unpaired) electrons. The van der Waals surface area contributed by atoms with Gasteiger partial charge in [0.1, 0.15) is 5.75 Å². The number of methoxy groups -OCH3 is 1. The molecule has 152 valence electrons. The molecule has 0 saturated heterocycles. The number of carbonyl (C=O) groups is 1. The predicted molar refractivity (Wildman–Crippen MR) is 108 cm³/mol. The van der Waals surface area contributed by atoms with E-state index in [0.29, 0.717) is 34.1 Å². The quantitative estimate of drug-likeness (QED) is 0.426. The minimum atomic E-state index is -0.271. The second-order valence-electron chi connectivity index (χ2n) is 6.03. The summed E-state index contributed by atoms with van der Waals surface area (Å²) in [7, 11) is 1.54. The smallest absolute Gasteiger partial charge is 0.237 e. The largest absolute Gasteiger partial charge is 0.495 e. The van der Waals surface area contributed by atoms with Gasteiger partial charge in [-0.25, -0.2) is 0 Å². The average molecular weight is 423 g/mol. The molecule has 0 spiro atoms. The van der Waals surface area contributed by atoms with Crippen molar-refractivity contribution in [2.45, 2.75) is 17.3 Å². The predicted octanol–water partition coefficient (Wildman–Crippen LogP) is 2.53. The number of benzene rings is 2. The number of aromatic nitrogens is 6. The highest BCUT2D eigenvalue weighted by atomic mass is 32.2. The van der Waals surface area contributed by atoms with Gasteiger partial charge in [0.05, 0.1) is 30.7 Å². The van der Waals surface area contributed by atoms with Crippen molar-refractivity contribution in [3.8, 4) is 11.4 Å². The molecule has 0 bridgehead atoms. The van der Waals surface area contributed by atoms with E-state index in [-0.39, 0.29) is 12.3 Å². The van der Waals surface area contributed by atoms with E-state index in [2.05, 4.69) is 31.0 Å². The summed E-state index contributed by atoms with van der Waals surface area (Å²) < 4.78 is 12.1. The summed E-state index contributed by atoms with van der Waals surface area (Å²) in [5, 5.41) is 19.0. The average Bonchev–Trinajstić information content (AvgIpc) is 3.42. The SMILES string of the molecule is COc1ccccc1NC(=O)Cc1noc(CSc2nnnn2-c2ccccc2)n1. The molecule has 0 fully saturated rings. The van der Waals surface area contributed by atoms with Crippen LogP contribution in [0.5, 0.6) is 5.75 Å². The number of carbonyl (C=O) groups excluding carboxylic acids is 1. The Kier molecular flexibility index (Phi) is 5.99. The Morgan fingerprint density at radius 2 is 1.97 bits per heavy atom. The molecule has 1 amide bonds. The van der Waals surface area contributed by atoms with Crippen LogP contribution in [-0.2, 0) is 17.0 Å². The molecule has 0 atom stereocenters. The third-order valence-corrected chi connectivity index (χ3v) is 4.88. The van der Waals surface area contributed by atoms with Crippen LogP contribution in [-0.4, -0.2) is 43.4 Å². The number of hydrogen-bond donors (Lipinski definition) is 1. The number of para-hydroxylation sites is 3. The molecule has 0 aliphatic rings. The lowest BCUT2D eigenvalue weighted by molar-refractivity contribution is -0.115. The Morgan fingerprint density at radius 3 is 2.80 bits per heavy atom. The second-order valence-corrected chi connectivity index (χ2v) is 6.97. The standard InChI is InChI=1S/C19H17N7O3S/c1-28-15-10-6-5-9-14(15)20-17(27)11-16-21-18(29-23-16)12-30-19-22-24-25-26(19)13-7-3-2-4-8-13/h2-10H,11-12H2,1H3,(H,20,27). The van der Waals surface area contributed by atoms with Crippen LogP contribution in [0.4, 0.5) is 5.69 Å². The van der Waals surface area contributed by atoms with Crippen molar-refractivity contribution in [2.24, 2.45) is 0 Å². The van der Waals surface area contributed by atoms with Crippen LogP contribution in [0.1, 0.15) is 11.7 Å². The summed E-state index contributed by atoms with van der Waals surface area (Å²) >= 11 is 1.35. The van der Waals surface area contributed by atoms with Gasteiger partial charge in [0.15, 0.2) is 5.82 Å². The maximum Gasteiger partial charge on any atom is 0.237 e. The normalized spacial score (nSPS) is 10.7. The Morgan fingerprint density at radius 1 is 1.17 bits per heavy atom. The summed E-state index contributed by atoms with van der Waals surface area (Å²) in [6, 6.07) is 16.7. The first-order valence-corrected chi connectivity index (χ1v) is 9.92. The van der Waals surface area contributed by atoms with Crippen molar-refractivity contribution in [3.05, 3.63) is 66.3 Å². The number of nitrogens with zero attached hydrogens (tertiary/aromatic N) is 6. The molecular formula is C19H17N7O3S. The first-order valence-electron chi connectivity index (χ1n) is 8.94. The third-order valence-electron chi connectivity index (χ3n) is 3.98. The molecule has 2 aromatic heterocycles. The summed E-state index contributed by atoms with van der Waals surface area (Å²) in [5.74, 6) is 1.34. The van der Waals surface area contributed by atoms with Crippen LogP contribution >= 0.6 is 11.8 Å². The molecule has 11 heteroatoms. The summed E-state index contributed by atoms with van der Waals surface area (Å²) in [6.07, 6.45) is -0.0199. The van der Waals surface area contributed by atoms with Crippen LogP contribution in [0, 0.1) is 0 Å². The van der Waals surface area contributed by atoms with Crippen LogP contribution < -0.4 is 10.1 Å². The van der Waals surface area contributed by atoms with Gasteiger partial charge >= 0.3 is 0 Å². The number of rotatable bonds is 8. The fourth-order valence-electron chi connectivity index (χ4n) is 2.63. The summed E-state index contributed by atoms with van der Waals surface area (Å²) in [4.78, 5) is 16.5. The molecular weight excluding hydrogens is 406 g/mol. The third kappa shape index (κ3) is 4.63. The monoisotopic (exact) mass is 423 g/mol. The lowest BCUT2D eigenvalue weighted by Crippen LogP contribution is -2.15. The highest BCUT2D eigenvalue weighted by Gasteiger charge is 2.15. The summed E-state index contributed by atoms with van der Waals surface area (Å²) in [5.41, 5.74) is 1.43. The Balaban J connectivity index is 1.35.